The van der Waals surface area contributed by atoms with Crippen LogP contribution in [0.2, 0.25) is 0 Å². The summed E-state index contributed by atoms with van der Waals surface area (Å²) >= 11 is 3.18. The van der Waals surface area contributed by atoms with Crippen molar-refractivity contribution >= 4 is 32.7 Å². The molecule has 0 atom stereocenters. The molecule has 0 saturated carbocycles. The Labute approximate surface area is 122 Å². The molecule has 4 nitrogen and oxygen atoms in total. The van der Waals surface area contributed by atoms with E-state index in [4.69, 9.17) is 14.9 Å². The quantitative estimate of drug-likeness (QED) is 0.737. The first kappa shape index (κ1) is 12.9. The Morgan fingerprint density at radius 3 is 2.90 bits per heavy atom. The van der Waals surface area contributed by atoms with Crippen LogP contribution in [0.15, 0.2) is 45.3 Å². The van der Waals surface area contributed by atoms with Crippen LogP contribution in [0.4, 0.5) is 10.1 Å². The number of fused-ring (bicyclic) bond motifs is 1. The second-order valence-corrected chi connectivity index (χ2v) is 5.11. The summed E-state index contributed by atoms with van der Waals surface area (Å²) in [4.78, 5) is 4.24. The standard InChI is InChI=1S/C14H10BrFN2O2/c15-8-1-4-12(10(16)5-8)19-7-14-18-11-3-2-9(17)6-13(11)20-14/h1-6H,7,17H2. The van der Waals surface area contributed by atoms with Gasteiger partial charge in [0.1, 0.15) is 5.52 Å². The van der Waals surface area contributed by atoms with E-state index in [0.717, 1.165) is 0 Å². The summed E-state index contributed by atoms with van der Waals surface area (Å²) < 4.78 is 25.1. The van der Waals surface area contributed by atoms with Crippen LogP contribution in [0.25, 0.3) is 11.1 Å². The fourth-order valence-corrected chi connectivity index (χ4v) is 2.12. The number of aromatic nitrogens is 1. The van der Waals surface area contributed by atoms with Gasteiger partial charge in [0.05, 0.1) is 0 Å². The van der Waals surface area contributed by atoms with Crippen LogP contribution in [-0.4, -0.2) is 4.98 Å². The zero-order valence-electron chi connectivity index (χ0n) is 10.3. The molecule has 0 aliphatic heterocycles. The van der Waals surface area contributed by atoms with Crippen LogP contribution in [-0.2, 0) is 6.61 Å². The zero-order valence-corrected chi connectivity index (χ0v) is 11.9. The van der Waals surface area contributed by atoms with Crippen molar-refractivity contribution in [3.63, 3.8) is 0 Å². The van der Waals surface area contributed by atoms with Gasteiger partial charge >= 0.3 is 0 Å². The number of nitrogen functional groups attached to an aromatic ring is 1. The molecule has 1 aromatic heterocycles. The smallest absolute Gasteiger partial charge is 0.233 e. The van der Waals surface area contributed by atoms with E-state index < -0.39 is 5.82 Å². The van der Waals surface area contributed by atoms with Crippen LogP contribution in [0, 0.1) is 5.82 Å². The van der Waals surface area contributed by atoms with Gasteiger partial charge in [-0.05, 0) is 30.3 Å². The van der Waals surface area contributed by atoms with Gasteiger partial charge in [-0.3, -0.25) is 0 Å². The second kappa shape index (κ2) is 5.13. The number of hydrogen-bond acceptors (Lipinski definition) is 4. The molecule has 0 unspecified atom stereocenters. The van der Waals surface area contributed by atoms with Gasteiger partial charge in [-0.1, -0.05) is 15.9 Å². The van der Waals surface area contributed by atoms with E-state index in [9.17, 15) is 4.39 Å². The average molecular weight is 337 g/mol. The highest BCUT2D eigenvalue weighted by molar-refractivity contribution is 9.10. The van der Waals surface area contributed by atoms with Gasteiger partial charge in [0.15, 0.2) is 23.8 Å². The van der Waals surface area contributed by atoms with Gasteiger partial charge in [0.2, 0.25) is 5.89 Å². The Morgan fingerprint density at radius 2 is 2.10 bits per heavy atom. The molecule has 2 N–H and O–H groups in total. The molecule has 0 radical (unpaired) electrons. The minimum Gasteiger partial charge on any atom is -0.481 e. The van der Waals surface area contributed by atoms with E-state index in [-0.39, 0.29) is 12.4 Å². The number of nitrogens with two attached hydrogens (primary N) is 1. The third kappa shape index (κ3) is 2.60. The van der Waals surface area contributed by atoms with Crippen molar-refractivity contribution in [2.24, 2.45) is 0 Å². The van der Waals surface area contributed by atoms with E-state index in [2.05, 4.69) is 20.9 Å². The van der Waals surface area contributed by atoms with Gasteiger partial charge in [-0.2, -0.15) is 0 Å². The fourth-order valence-electron chi connectivity index (χ4n) is 1.78. The van der Waals surface area contributed by atoms with E-state index >= 15 is 0 Å². The maximum Gasteiger partial charge on any atom is 0.233 e. The summed E-state index contributed by atoms with van der Waals surface area (Å²) in [5, 5.41) is 0. The summed E-state index contributed by atoms with van der Waals surface area (Å²) in [6.45, 7) is 0.0487. The van der Waals surface area contributed by atoms with Crippen molar-refractivity contribution in [1.29, 1.82) is 0 Å². The Bertz CT molecular complexity index is 773. The second-order valence-electron chi connectivity index (χ2n) is 4.20. The number of oxazole rings is 1. The third-order valence-corrected chi connectivity index (χ3v) is 3.20. The molecule has 0 fully saturated rings. The van der Waals surface area contributed by atoms with E-state index in [0.29, 0.717) is 27.2 Å². The zero-order chi connectivity index (χ0) is 14.1. The molecule has 0 aliphatic carbocycles. The number of ether oxygens (including phenoxy) is 1. The van der Waals surface area contributed by atoms with Crippen molar-refractivity contribution in [1.82, 2.24) is 4.98 Å². The normalized spacial score (nSPS) is 10.9. The molecule has 0 saturated heterocycles. The maximum absolute atomic E-state index is 13.6. The van der Waals surface area contributed by atoms with Gasteiger partial charge in [0.25, 0.3) is 0 Å². The summed E-state index contributed by atoms with van der Waals surface area (Å²) in [6, 6.07) is 9.77. The molecule has 0 spiro atoms. The largest absolute Gasteiger partial charge is 0.481 e. The van der Waals surface area contributed by atoms with E-state index in [1.54, 1.807) is 30.3 Å². The molecule has 1 heterocycles. The lowest BCUT2D eigenvalue weighted by Gasteiger charge is -2.04. The van der Waals surface area contributed by atoms with Crippen LogP contribution in [0.1, 0.15) is 5.89 Å². The number of halogens is 2. The lowest BCUT2D eigenvalue weighted by Crippen LogP contribution is -1.97. The fraction of sp³-hybridized carbons (Fsp3) is 0.0714. The monoisotopic (exact) mass is 336 g/mol. The van der Waals surface area contributed by atoms with Gasteiger partial charge < -0.3 is 14.9 Å². The number of nitrogens with zero attached hydrogens (tertiary/aromatic N) is 1. The van der Waals surface area contributed by atoms with Gasteiger partial charge in [-0.15, -0.1) is 0 Å². The summed E-state index contributed by atoms with van der Waals surface area (Å²) in [5.74, 6) is 0.0719. The first-order chi connectivity index (χ1) is 9.61. The molecular formula is C14H10BrFN2O2. The molecule has 102 valence electrons. The van der Waals surface area contributed by atoms with Gasteiger partial charge in [0, 0.05) is 16.2 Å². The number of rotatable bonds is 3. The lowest BCUT2D eigenvalue weighted by atomic mass is 10.3. The summed E-state index contributed by atoms with van der Waals surface area (Å²) in [7, 11) is 0. The summed E-state index contributed by atoms with van der Waals surface area (Å²) in [5.41, 5.74) is 7.53. The molecule has 20 heavy (non-hydrogen) atoms. The maximum atomic E-state index is 13.6. The van der Waals surface area contributed by atoms with Gasteiger partial charge in [-0.25, -0.2) is 9.37 Å². The SMILES string of the molecule is Nc1ccc2nc(COc3ccc(Br)cc3F)oc2c1. The minimum atomic E-state index is -0.445. The number of anilines is 1. The molecule has 3 rings (SSSR count). The Kier molecular flexibility index (Phi) is 3.31. The number of benzene rings is 2. The highest BCUT2D eigenvalue weighted by Gasteiger charge is 2.09. The highest BCUT2D eigenvalue weighted by Crippen LogP contribution is 2.23. The van der Waals surface area contributed by atoms with Crippen molar-refractivity contribution in [2.45, 2.75) is 6.61 Å². The highest BCUT2D eigenvalue weighted by atomic mass is 79.9. The van der Waals surface area contributed by atoms with Crippen LogP contribution >= 0.6 is 15.9 Å². The first-order valence-corrected chi connectivity index (χ1v) is 6.64. The minimum absolute atomic E-state index is 0.0487. The lowest BCUT2D eigenvalue weighted by molar-refractivity contribution is 0.255. The first-order valence-electron chi connectivity index (χ1n) is 5.84. The Hall–Kier alpha value is -2.08. The van der Waals surface area contributed by atoms with Crippen molar-refractivity contribution in [2.75, 3.05) is 5.73 Å². The Morgan fingerprint density at radius 1 is 1.25 bits per heavy atom. The molecular weight excluding hydrogens is 327 g/mol. The molecule has 3 aromatic rings. The van der Waals surface area contributed by atoms with Crippen LogP contribution in [0.5, 0.6) is 5.75 Å². The van der Waals surface area contributed by atoms with Crippen LogP contribution in [0.3, 0.4) is 0 Å². The van der Waals surface area contributed by atoms with Crippen molar-refractivity contribution in [3.05, 3.63) is 52.6 Å². The average Bonchev–Trinajstić information content (AvgIpc) is 2.79. The Balaban J connectivity index is 1.79. The van der Waals surface area contributed by atoms with Crippen LogP contribution < -0.4 is 10.5 Å². The number of hydrogen-bond donors (Lipinski definition) is 1. The molecule has 6 heteroatoms. The summed E-state index contributed by atoms with van der Waals surface area (Å²) in [6.07, 6.45) is 0. The molecule has 0 amide bonds. The molecule has 0 bridgehead atoms. The molecule has 2 aromatic carbocycles. The van der Waals surface area contributed by atoms with E-state index in [1.165, 1.54) is 6.07 Å². The predicted molar refractivity (Wildman–Crippen MR) is 76.9 cm³/mol. The third-order valence-electron chi connectivity index (χ3n) is 2.70. The van der Waals surface area contributed by atoms with E-state index in [1.807, 2.05) is 0 Å². The van der Waals surface area contributed by atoms with Crippen molar-refractivity contribution < 1.29 is 13.5 Å². The predicted octanol–water partition coefficient (Wildman–Crippen LogP) is 3.89. The topological polar surface area (TPSA) is 61.3 Å². The van der Waals surface area contributed by atoms with Crippen molar-refractivity contribution in [3.8, 4) is 5.75 Å². The molecule has 0 aliphatic rings.